The van der Waals surface area contributed by atoms with Crippen LogP contribution in [0.3, 0.4) is 0 Å². The molecule has 0 radical (unpaired) electrons. The highest BCUT2D eigenvalue weighted by Gasteiger charge is 2.53. The lowest BCUT2D eigenvalue weighted by atomic mass is 9.76. The highest BCUT2D eigenvalue weighted by molar-refractivity contribution is 5.83. The first kappa shape index (κ1) is 32.6. The number of Topliss-reactive ketones (excluding diaryl/α,β-unsaturated/α-hetero) is 1. The summed E-state index contributed by atoms with van der Waals surface area (Å²) in [5.74, 6) is -1.24. The Bertz CT molecular complexity index is 793. The van der Waals surface area contributed by atoms with Gasteiger partial charge in [-0.3, -0.25) is 4.79 Å². The average molecular weight is 568 g/mol. The molecule has 0 spiro atoms. The summed E-state index contributed by atoms with van der Waals surface area (Å²) in [6.45, 7) is 2.75. The molecule has 39 heavy (non-hydrogen) atoms. The molecule has 5 unspecified atom stereocenters. The summed E-state index contributed by atoms with van der Waals surface area (Å²) in [5.41, 5.74) is 18.3. The van der Waals surface area contributed by atoms with Gasteiger partial charge in [0.1, 0.15) is 54.9 Å². The number of aliphatic hydroxyl groups excluding tert-OH is 7. The van der Waals surface area contributed by atoms with E-state index in [0.29, 0.717) is 6.42 Å². The molecule has 2 aliphatic heterocycles. The van der Waals surface area contributed by atoms with Gasteiger partial charge in [0.05, 0.1) is 18.8 Å². The Labute approximate surface area is 226 Å². The van der Waals surface area contributed by atoms with Crippen LogP contribution < -0.4 is 17.2 Å². The molecule has 0 aromatic heterocycles. The molecule has 16 atom stereocenters. The van der Waals surface area contributed by atoms with Crippen molar-refractivity contribution in [3.63, 3.8) is 0 Å². The normalized spacial score (nSPS) is 46.7. The maximum Gasteiger partial charge on any atom is 0.187 e. The molecule has 0 amide bonds. The molecule has 0 aromatic carbocycles. The van der Waals surface area contributed by atoms with Gasteiger partial charge in [-0.1, -0.05) is 13.3 Å². The summed E-state index contributed by atoms with van der Waals surface area (Å²) >= 11 is 0. The molecule has 3 rings (SSSR count). The second kappa shape index (κ2) is 13.8. The minimum atomic E-state index is -1.54. The number of nitrogens with two attached hydrogens (primary N) is 3. The lowest BCUT2D eigenvalue weighted by Crippen LogP contribution is -2.66. The van der Waals surface area contributed by atoms with Crippen molar-refractivity contribution in [1.82, 2.24) is 0 Å². The van der Waals surface area contributed by atoms with Crippen molar-refractivity contribution in [2.75, 3.05) is 6.61 Å². The fraction of sp³-hybridized carbons (Fsp3) is 0.958. The largest absolute Gasteiger partial charge is 0.394 e. The smallest absolute Gasteiger partial charge is 0.187 e. The summed E-state index contributed by atoms with van der Waals surface area (Å²) in [7, 11) is 0. The van der Waals surface area contributed by atoms with Crippen molar-refractivity contribution < 1.29 is 59.5 Å². The Balaban J connectivity index is 1.85. The average Bonchev–Trinajstić information content (AvgIpc) is 3.17. The number of carbonyl (C=O) groups excluding carboxylic acids is 1. The Morgan fingerprint density at radius 2 is 1.59 bits per heavy atom. The van der Waals surface area contributed by atoms with Crippen molar-refractivity contribution in [2.24, 2.45) is 23.1 Å². The van der Waals surface area contributed by atoms with Gasteiger partial charge < -0.3 is 71.9 Å². The SMILES string of the molecule is CCC[C@H](O)C(=O)C[C@@H]1CC(N)[C@@H](O[C@H]2OC(CO)[C@@H](O)[C@H](O)C2N)[C@H](O[C@@H]2O[C@H]([C@H](C)N)[C@H](O)C2O)C1O. The van der Waals surface area contributed by atoms with E-state index in [-0.39, 0.29) is 19.3 Å². The van der Waals surface area contributed by atoms with Crippen LogP contribution >= 0.6 is 0 Å². The monoisotopic (exact) mass is 567 g/mol. The molecule has 2 saturated heterocycles. The van der Waals surface area contributed by atoms with E-state index in [9.17, 15) is 40.5 Å². The van der Waals surface area contributed by atoms with Gasteiger partial charge in [-0.2, -0.15) is 0 Å². The topological polar surface area (TPSA) is 274 Å². The van der Waals surface area contributed by atoms with Crippen molar-refractivity contribution in [2.45, 2.75) is 131 Å². The highest BCUT2D eigenvalue weighted by Crippen LogP contribution is 2.36. The summed E-state index contributed by atoms with van der Waals surface area (Å²) in [6, 6.07) is -2.84. The minimum Gasteiger partial charge on any atom is -0.394 e. The second-order valence-corrected chi connectivity index (χ2v) is 10.9. The zero-order chi connectivity index (χ0) is 29.2. The van der Waals surface area contributed by atoms with Crippen LogP contribution in [0.4, 0.5) is 0 Å². The summed E-state index contributed by atoms with van der Waals surface area (Å²) in [5, 5.41) is 72.3. The number of hydrogen-bond acceptors (Lipinski definition) is 15. The molecule has 15 heteroatoms. The third kappa shape index (κ3) is 7.13. The molecule has 3 fully saturated rings. The predicted octanol–water partition coefficient (Wildman–Crippen LogP) is -4.85. The van der Waals surface area contributed by atoms with E-state index in [4.69, 9.17) is 36.1 Å². The van der Waals surface area contributed by atoms with E-state index >= 15 is 0 Å². The lowest BCUT2D eigenvalue weighted by Gasteiger charge is -2.47. The van der Waals surface area contributed by atoms with E-state index in [0.717, 1.165) is 0 Å². The van der Waals surface area contributed by atoms with Crippen LogP contribution in [0.1, 0.15) is 39.5 Å². The van der Waals surface area contributed by atoms with Gasteiger partial charge in [0, 0.05) is 18.5 Å². The van der Waals surface area contributed by atoms with Crippen molar-refractivity contribution in [3.8, 4) is 0 Å². The number of hydrogen-bond donors (Lipinski definition) is 10. The Morgan fingerprint density at radius 1 is 0.949 bits per heavy atom. The van der Waals surface area contributed by atoms with Gasteiger partial charge in [-0.15, -0.1) is 0 Å². The van der Waals surface area contributed by atoms with Crippen LogP contribution in [-0.2, 0) is 23.7 Å². The number of carbonyl (C=O) groups is 1. The predicted molar refractivity (Wildman–Crippen MR) is 132 cm³/mol. The van der Waals surface area contributed by atoms with Crippen molar-refractivity contribution in [1.29, 1.82) is 0 Å². The van der Waals surface area contributed by atoms with Crippen molar-refractivity contribution >= 4 is 5.78 Å². The zero-order valence-electron chi connectivity index (χ0n) is 22.2. The highest BCUT2D eigenvalue weighted by atomic mass is 16.7. The summed E-state index contributed by atoms with van der Waals surface area (Å²) in [6.07, 6.45) is -15.5. The number of ketones is 1. The standard InChI is InChI=1S/C24H45N3O12/c1-3-4-11(29)12(30)6-9-5-10(26)21(38-23-14(27)17(33)16(32)13(7-28)36-23)22(15(9)31)39-24-19(35)18(34)20(37-24)8(2)25/h8-11,13-24,28-29,31-35H,3-7,25-27H2,1-2H3/t8-,9-,10?,11-,13?,14?,15?,16+,17+,18+,19?,20+,21+,22+,23+,24-/m0/s1. The second-order valence-electron chi connectivity index (χ2n) is 10.9. The molecule has 2 heterocycles. The van der Waals surface area contributed by atoms with E-state index < -0.39 is 110 Å². The van der Waals surface area contributed by atoms with Crippen LogP contribution in [0.25, 0.3) is 0 Å². The number of ether oxygens (including phenoxy) is 4. The number of aliphatic hydroxyl groups is 7. The minimum absolute atomic E-state index is 0.0615. The summed E-state index contributed by atoms with van der Waals surface area (Å²) < 4.78 is 23.1. The first-order chi connectivity index (χ1) is 18.3. The van der Waals surface area contributed by atoms with Gasteiger partial charge in [-0.25, -0.2) is 0 Å². The maximum atomic E-state index is 12.6. The van der Waals surface area contributed by atoms with E-state index in [2.05, 4.69) is 0 Å². The lowest BCUT2D eigenvalue weighted by molar-refractivity contribution is -0.312. The molecule has 228 valence electrons. The number of rotatable bonds is 11. The first-order valence-electron chi connectivity index (χ1n) is 13.4. The van der Waals surface area contributed by atoms with Crippen LogP contribution in [0.2, 0.25) is 0 Å². The molecule has 1 aliphatic carbocycles. The van der Waals surface area contributed by atoms with Gasteiger partial charge >= 0.3 is 0 Å². The fourth-order valence-corrected chi connectivity index (χ4v) is 5.45. The molecule has 0 aromatic rings. The van der Waals surface area contributed by atoms with Crippen LogP contribution in [-0.4, -0.2) is 140 Å². The molecule has 1 saturated carbocycles. The van der Waals surface area contributed by atoms with Gasteiger partial charge in [0.25, 0.3) is 0 Å². The Morgan fingerprint density at radius 3 is 2.15 bits per heavy atom. The molecule has 13 N–H and O–H groups in total. The molecule has 3 aliphatic rings. The Hall–Kier alpha value is -0.890. The van der Waals surface area contributed by atoms with Crippen LogP contribution in [0.5, 0.6) is 0 Å². The molecular weight excluding hydrogens is 522 g/mol. The molecule has 15 nitrogen and oxygen atoms in total. The van der Waals surface area contributed by atoms with E-state index in [1.165, 1.54) is 0 Å². The van der Waals surface area contributed by atoms with Crippen molar-refractivity contribution in [3.05, 3.63) is 0 Å². The quantitative estimate of drug-likeness (QED) is 0.112. The van der Waals surface area contributed by atoms with Crippen LogP contribution in [0.15, 0.2) is 0 Å². The Kier molecular flexibility index (Phi) is 11.6. The molecular formula is C24H45N3O12. The fourth-order valence-electron chi connectivity index (χ4n) is 5.45. The van der Waals surface area contributed by atoms with E-state index in [1.807, 2.05) is 6.92 Å². The van der Waals surface area contributed by atoms with Gasteiger partial charge in [0.2, 0.25) is 0 Å². The van der Waals surface area contributed by atoms with Gasteiger partial charge in [0.15, 0.2) is 18.4 Å². The van der Waals surface area contributed by atoms with Crippen LogP contribution in [0, 0.1) is 5.92 Å². The summed E-state index contributed by atoms with van der Waals surface area (Å²) in [4.78, 5) is 12.6. The third-order valence-electron chi connectivity index (χ3n) is 7.82. The third-order valence-corrected chi connectivity index (χ3v) is 7.82. The zero-order valence-corrected chi connectivity index (χ0v) is 22.2. The first-order valence-corrected chi connectivity index (χ1v) is 13.4. The maximum absolute atomic E-state index is 12.6. The van der Waals surface area contributed by atoms with Gasteiger partial charge in [-0.05, 0) is 25.7 Å². The molecule has 0 bridgehead atoms. The van der Waals surface area contributed by atoms with E-state index in [1.54, 1.807) is 6.92 Å².